The van der Waals surface area contributed by atoms with Crippen molar-refractivity contribution in [1.29, 1.82) is 0 Å². The van der Waals surface area contributed by atoms with Crippen molar-refractivity contribution in [1.82, 2.24) is 4.68 Å². The first-order chi connectivity index (χ1) is 13.2. The van der Waals surface area contributed by atoms with Gasteiger partial charge in [0.05, 0.1) is 18.5 Å². The Morgan fingerprint density at radius 3 is 2.56 bits per heavy atom. The number of ether oxygens (including phenoxy) is 1. The molecule has 0 amide bonds. The van der Waals surface area contributed by atoms with Crippen LogP contribution in [0.3, 0.4) is 0 Å². The first-order valence-electron chi connectivity index (χ1n) is 9.20. The number of rotatable bonds is 4. The third kappa shape index (κ3) is 3.60. The summed E-state index contributed by atoms with van der Waals surface area (Å²) in [6.45, 7) is 4.18. The highest BCUT2D eigenvalue weighted by molar-refractivity contribution is 7.07. The number of aryl methyl sites for hydroxylation is 1. The molecule has 1 heterocycles. The van der Waals surface area contributed by atoms with Gasteiger partial charge in [0, 0.05) is 22.5 Å². The van der Waals surface area contributed by atoms with Crippen LogP contribution >= 0.6 is 11.3 Å². The molecule has 1 aliphatic rings. The van der Waals surface area contributed by atoms with Crippen molar-refractivity contribution < 1.29 is 4.74 Å². The molecule has 3 aromatic rings. The zero-order valence-electron chi connectivity index (χ0n) is 15.8. The maximum atomic E-state index is 5.29. The Morgan fingerprint density at radius 2 is 1.81 bits per heavy atom. The fourth-order valence-corrected chi connectivity index (χ4v) is 4.26. The maximum Gasteiger partial charge on any atom is 0.206 e. The summed E-state index contributed by atoms with van der Waals surface area (Å²) in [6.07, 6.45) is 2.01. The van der Waals surface area contributed by atoms with Gasteiger partial charge in [0.15, 0.2) is 0 Å². The van der Waals surface area contributed by atoms with Crippen LogP contribution < -0.4 is 9.54 Å². The van der Waals surface area contributed by atoms with E-state index in [0.29, 0.717) is 0 Å². The zero-order valence-corrected chi connectivity index (χ0v) is 16.7. The summed E-state index contributed by atoms with van der Waals surface area (Å²) in [5.41, 5.74) is 5.92. The third-order valence-corrected chi connectivity index (χ3v) is 5.45. The summed E-state index contributed by atoms with van der Waals surface area (Å²) in [6, 6.07) is 16.9. The van der Waals surface area contributed by atoms with Gasteiger partial charge in [-0.05, 0) is 56.5 Å². The minimum Gasteiger partial charge on any atom is -0.497 e. The van der Waals surface area contributed by atoms with E-state index in [0.717, 1.165) is 40.4 Å². The molecule has 5 heteroatoms. The average molecular weight is 378 g/mol. The molecule has 2 aromatic carbocycles. The molecule has 0 atom stereocenters. The number of methoxy groups -OCH3 is 1. The molecule has 1 aromatic heterocycles. The Kier molecular flexibility index (Phi) is 4.94. The predicted octanol–water partition coefficient (Wildman–Crippen LogP) is 4.73. The van der Waals surface area contributed by atoms with Crippen LogP contribution in [0.15, 0.2) is 64.0 Å². The van der Waals surface area contributed by atoms with E-state index in [1.807, 2.05) is 16.8 Å². The minimum absolute atomic E-state index is 0.217. The molecular weight excluding hydrogens is 354 g/mol. The lowest BCUT2D eigenvalue weighted by Crippen LogP contribution is -2.16. The summed E-state index contributed by atoms with van der Waals surface area (Å²) in [5.74, 6) is 0.851. The Hall–Kier alpha value is -2.66. The van der Waals surface area contributed by atoms with Crippen LogP contribution in [-0.4, -0.2) is 23.5 Å². The summed E-state index contributed by atoms with van der Waals surface area (Å²) in [7, 11) is 1.68. The molecule has 4 rings (SSSR count). The quantitative estimate of drug-likeness (QED) is 0.648. The molecule has 0 saturated carbocycles. The van der Waals surface area contributed by atoms with Crippen LogP contribution in [0, 0.1) is 0 Å². The molecule has 0 unspecified atom stereocenters. The number of benzene rings is 2. The van der Waals surface area contributed by atoms with E-state index in [1.54, 1.807) is 18.4 Å². The van der Waals surface area contributed by atoms with Crippen molar-refractivity contribution in [3.05, 3.63) is 69.8 Å². The predicted molar refractivity (Wildman–Crippen MR) is 112 cm³/mol. The van der Waals surface area contributed by atoms with Gasteiger partial charge in [-0.15, -0.1) is 11.3 Å². The van der Waals surface area contributed by atoms with E-state index < -0.39 is 0 Å². The molecule has 0 radical (unpaired) electrons. The lowest BCUT2D eigenvalue weighted by Gasteiger charge is -2.07. The van der Waals surface area contributed by atoms with E-state index >= 15 is 0 Å². The normalized spacial score (nSPS) is 15.6. The molecule has 0 N–H and O–H groups in total. The molecule has 4 nitrogen and oxygen atoms in total. The van der Waals surface area contributed by atoms with Crippen LogP contribution in [0.4, 0.5) is 0 Å². The van der Waals surface area contributed by atoms with Gasteiger partial charge >= 0.3 is 0 Å². The summed E-state index contributed by atoms with van der Waals surface area (Å²) < 4.78 is 7.29. The number of hydrogen-bond acceptors (Lipinski definition) is 4. The van der Waals surface area contributed by atoms with Gasteiger partial charge in [0.25, 0.3) is 0 Å². The smallest absolute Gasteiger partial charge is 0.206 e. The van der Waals surface area contributed by atoms with E-state index in [-0.39, 0.29) is 6.04 Å². The lowest BCUT2D eigenvalue weighted by atomic mass is 10.1. The maximum absolute atomic E-state index is 5.29. The number of thiazole rings is 1. The van der Waals surface area contributed by atoms with Gasteiger partial charge in [-0.25, -0.2) is 4.68 Å². The second-order valence-electron chi connectivity index (χ2n) is 6.87. The molecule has 0 fully saturated rings. The Labute approximate surface area is 163 Å². The van der Waals surface area contributed by atoms with Crippen molar-refractivity contribution in [3.63, 3.8) is 0 Å². The largest absolute Gasteiger partial charge is 0.497 e. The molecule has 1 aliphatic carbocycles. The summed E-state index contributed by atoms with van der Waals surface area (Å²) in [4.78, 5) is 5.71. The van der Waals surface area contributed by atoms with Crippen LogP contribution in [0.1, 0.15) is 31.4 Å². The first-order valence-corrected chi connectivity index (χ1v) is 10.1. The number of aromatic nitrogens is 1. The zero-order chi connectivity index (χ0) is 18.8. The van der Waals surface area contributed by atoms with E-state index in [9.17, 15) is 0 Å². The molecule has 0 saturated heterocycles. The van der Waals surface area contributed by atoms with Gasteiger partial charge < -0.3 is 4.74 Å². The second kappa shape index (κ2) is 7.53. The van der Waals surface area contributed by atoms with Gasteiger partial charge in [-0.2, -0.15) is 5.10 Å². The summed E-state index contributed by atoms with van der Waals surface area (Å²) >= 11 is 1.63. The summed E-state index contributed by atoms with van der Waals surface area (Å²) in [5, 5.41) is 7.18. The molecule has 0 bridgehead atoms. The van der Waals surface area contributed by atoms with Crippen molar-refractivity contribution in [2.75, 3.05) is 7.11 Å². The fraction of sp³-hybridized carbons (Fsp3) is 0.273. The standard InChI is InChI=1S/C22H23N3OS/c1-15(2)23-22-25(24-20-13-10-16-6-4-5-7-19(16)20)21(14-27-22)17-8-11-18(26-3)12-9-17/h4-9,11-12,14-15H,10,13H2,1-3H3. The Balaban J connectivity index is 1.85. The van der Waals surface area contributed by atoms with Crippen molar-refractivity contribution in [2.24, 2.45) is 10.1 Å². The van der Waals surface area contributed by atoms with Crippen LogP contribution in [-0.2, 0) is 6.42 Å². The number of fused-ring (bicyclic) bond motifs is 1. The highest BCUT2D eigenvalue weighted by atomic mass is 32.1. The van der Waals surface area contributed by atoms with Gasteiger partial charge in [0.2, 0.25) is 4.80 Å². The topological polar surface area (TPSA) is 38.9 Å². The van der Waals surface area contributed by atoms with E-state index in [1.165, 1.54) is 11.1 Å². The van der Waals surface area contributed by atoms with E-state index in [2.05, 4.69) is 55.6 Å². The third-order valence-electron chi connectivity index (χ3n) is 4.62. The lowest BCUT2D eigenvalue weighted by molar-refractivity contribution is 0.415. The molecule has 0 spiro atoms. The Morgan fingerprint density at radius 1 is 1.04 bits per heavy atom. The SMILES string of the molecule is COc1ccc(-c2csc(=NC(C)C)n2N=C2CCc3ccccc32)cc1. The molecular formula is C22H23N3OS. The molecule has 138 valence electrons. The number of nitrogens with zero attached hydrogens (tertiary/aromatic N) is 3. The van der Waals surface area contributed by atoms with Crippen LogP contribution in [0.25, 0.3) is 11.3 Å². The Bertz CT molecular complexity index is 1040. The van der Waals surface area contributed by atoms with Crippen molar-refractivity contribution in [3.8, 4) is 17.0 Å². The molecule has 27 heavy (non-hydrogen) atoms. The molecule has 0 aliphatic heterocycles. The number of hydrogen-bond donors (Lipinski definition) is 0. The van der Waals surface area contributed by atoms with Crippen LogP contribution in [0.2, 0.25) is 0 Å². The van der Waals surface area contributed by atoms with Gasteiger partial charge in [-0.3, -0.25) is 4.99 Å². The van der Waals surface area contributed by atoms with Crippen molar-refractivity contribution >= 4 is 17.0 Å². The highest BCUT2D eigenvalue weighted by Gasteiger charge is 2.18. The van der Waals surface area contributed by atoms with Crippen molar-refractivity contribution in [2.45, 2.75) is 32.7 Å². The van der Waals surface area contributed by atoms with E-state index in [4.69, 9.17) is 14.8 Å². The van der Waals surface area contributed by atoms with Gasteiger partial charge in [-0.1, -0.05) is 24.3 Å². The van der Waals surface area contributed by atoms with Crippen LogP contribution in [0.5, 0.6) is 5.75 Å². The van der Waals surface area contributed by atoms with Gasteiger partial charge in [0.1, 0.15) is 5.75 Å². The monoisotopic (exact) mass is 377 g/mol. The fourth-order valence-electron chi connectivity index (χ4n) is 3.30. The first kappa shape index (κ1) is 17.7. The highest BCUT2D eigenvalue weighted by Crippen LogP contribution is 2.26. The average Bonchev–Trinajstić information content (AvgIpc) is 3.27. The second-order valence-corrected chi connectivity index (χ2v) is 7.71. The minimum atomic E-state index is 0.217.